The van der Waals surface area contributed by atoms with Crippen LogP contribution in [0.5, 0.6) is 0 Å². The first-order valence-corrected chi connectivity index (χ1v) is 15.1. The van der Waals surface area contributed by atoms with Crippen LogP contribution in [0.4, 0.5) is 22.1 Å². The van der Waals surface area contributed by atoms with Crippen molar-refractivity contribution < 1.29 is 19.1 Å². The van der Waals surface area contributed by atoms with E-state index in [4.69, 9.17) is 14.5 Å². The third kappa shape index (κ3) is 4.90. The molecule has 2 saturated heterocycles. The molecule has 6 heterocycles. The van der Waals surface area contributed by atoms with E-state index in [1.54, 1.807) is 24.1 Å². The molecule has 0 unspecified atom stereocenters. The van der Waals surface area contributed by atoms with Crippen molar-refractivity contribution >= 4 is 35.0 Å². The van der Waals surface area contributed by atoms with Gasteiger partial charge in [0.2, 0.25) is 5.91 Å². The molecule has 2 amide bonds. The largest absolute Gasteiger partial charge is 0.436 e. The highest BCUT2D eigenvalue weighted by molar-refractivity contribution is 5.95. The molecule has 0 radical (unpaired) electrons. The van der Waals surface area contributed by atoms with Gasteiger partial charge in [-0.2, -0.15) is 0 Å². The minimum absolute atomic E-state index is 0.0193. The number of nitrogens with one attached hydrogen (secondary N) is 2. The molecular weight excluding hydrogens is 562 g/mol. The normalized spacial score (nSPS) is 22.5. The van der Waals surface area contributed by atoms with Crippen LogP contribution in [0.15, 0.2) is 36.8 Å². The summed E-state index contributed by atoms with van der Waals surface area (Å²) in [5.74, 6) is 2.46. The summed E-state index contributed by atoms with van der Waals surface area (Å²) in [6.45, 7) is 6.98. The minimum atomic E-state index is -0.569. The molecule has 13 nitrogen and oxygen atoms in total. The standard InChI is InChI=1S/C31H33N9O4/c1-16-6-7-32-27(33-16)21-9-22(21)29(41)38-26-10-25(35-18(3)36-26)34-17(2)23-12-39-11-20(19-4-5-19)8-24(28(39)37-23)40-13-31(14-43-15-31)44-30(40)42/h6-8,10-12,17,19,21-22H,4-5,9,13-15H2,1-3H3,(H2,34,35,36,38,41)/t17-,21+,22+/m1/s1. The summed E-state index contributed by atoms with van der Waals surface area (Å²) >= 11 is 0. The molecule has 2 aliphatic carbocycles. The number of anilines is 3. The maximum absolute atomic E-state index is 13.0. The Kier molecular flexibility index (Phi) is 6.09. The van der Waals surface area contributed by atoms with Gasteiger partial charge in [-0.15, -0.1) is 0 Å². The summed E-state index contributed by atoms with van der Waals surface area (Å²) in [6, 6.07) is 5.43. The number of rotatable bonds is 8. The summed E-state index contributed by atoms with van der Waals surface area (Å²) in [4.78, 5) is 50.4. The number of nitrogens with zero attached hydrogens (tertiary/aromatic N) is 7. The molecule has 2 aliphatic heterocycles. The highest BCUT2D eigenvalue weighted by Gasteiger charge is 2.52. The van der Waals surface area contributed by atoms with Gasteiger partial charge in [-0.1, -0.05) is 0 Å². The number of hydrogen-bond donors (Lipinski definition) is 2. The number of pyridine rings is 1. The van der Waals surface area contributed by atoms with Gasteiger partial charge in [-0.25, -0.2) is 29.7 Å². The van der Waals surface area contributed by atoms with E-state index in [-0.39, 0.29) is 29.9 Å². The maximum Gasteiger partial charge on any atom is 0.415 e. The first-order chi connectivity index (χ1) is 21.2. The number of hydrogen-bond acceptors (Lipinski definition) is 10. The van der Waals surface area contributed by atoms with E-state index in [2.05, 4.69) is 42.8 Å². The lowest BCUT2D eigenvalue weighted by atomic mass is 10.0. The lowest BCUT2D eigenvalue weighted by Gasteiger charge is -2.34. The number of carbonyl (C=O) groups excluding carboxylic acids is 2. The Morgan fingerprint density at radius 2 is 1.91 bits per heavy atom. The number of ether oxygens (including phenoxy) is 2. The van der Waals surface area contributed by atoms with E-state index in [0.29, 0.717) is 61.0 Å². The number of aromatic nitrogens is 6. The molecule has 2 saturated carbocycles. The van der Waals surface area contributed by atoms with Crippen LogP contribution >= 0.6 is 0 Å². The van der Waals surface area contributed by atoms with Gasteiger partial charge in [0, 0.05) is 42.2 Å². The van der Waals surface area contributed by atoms with E-state index in [1.807, 2.05) is 30.5 Å². The third-order valence-corrected chi connectivity index (χ3v) is 8.78. The van der Waals surface area contributed by atoms with Crippen molar-refractivity contribution in [2.75, 3.05) is 35.3 Å². The van der Waals surface area contributed by atoms with Crippen LogP contribution < -0.4 is 15.5 Å². The smallest absolute Gasteiger partial charge is 0.415 e. The van der Waals surface area contributed by atoms with E-state index < -0.39 is 5.60 Å². The van der Waals surface area contributed by atoms with E-state index in [9.17, 15) is 9.59 Å². The van der Waals surface area contributed by atoms with Gasteiger partial charge in [-0.05, 0) is 63.6 Å². The molecule has 4 fully saturated rings. The van der Waals surface area contributed by atoms with Crippen LogP contribution in [-0.4, -0.2) is 66.7 Å². The van der Waals surface area contributed by atoms with Crippen molar-refractivity contribution in [3.05, 3.63) is 65.4 Å². The van der Waals surface area contributed by atoms with Crippen molar-refractivity contribution in [3.8, 4) is 0 Å². The Bertz CT molecular complexity index is 1820. The summed E-state index contributed by atoms with van der Waals surface area (Å²) in [7, 11) is 0. The van der Waals surface area contributed by atoms with Crippen molar-refractivity contribution in [1.82, 2.24) is 29.3 Å². The molecule has 4 aliphatic rings. The molecule has 3 atom stereocenters. The molecule has 8 rings (SSSR count). The van der Waals surface area contributed by atoms with Gasteiger partial charge in [0.1, 0.15) is 23.3 Å². The number of amides is 2. The third-order valence-electron chi connectivity index (χ3n) is 8.78. The molecule has 2 N–H and O–H groups in total. The van der Waals surface area contributed by atoms with Gasteiger partial charge >= 0.3 is 6.09 Å². The van der Waals surface area contributed by atoms with Crippen LogP contribution in [0.1, 0.15) is 72.7 Å². The lowest BCUT2D eigenvalue weighted by molar-refractivity contribution is -0.155. The Morgan fingerprint density at radius 3 is 2.64 bits per heavy atom. The van der Waals surface area contributed by atoms with Crippen LogP contribution in [0.2, 0.25) is 0 Å². The van der Waals surface area contributed by atoms with Crippen molar-refractivity contribution in [2.24, 2.45) is 5.92 Å². The lowest BCUT2D eigenvalue weighted by Crippen LogP contribution is -2.52. The average molecular weight is 596 g/mol. The first-order valence-electron chi connectivity index (χ1n) is 15.1. The van der Waals surface area contributed by atoms with Crippen LogP contribution in [-0.2, 0) is 14.3 Å². The number of imidazole rings is 1. The van der Waals surface area contributed by atoms with E-state index >= 15 is 0 Å². The van der Waals surface area contributed by atoms with Gasteiger partial charge in [0.15, 0.2) is 11.2 Å². The molecular formula is C31H33N9O4. The summed E-state index contributed by atoms with van der Waals surface area (Å²) in [5, 5.41) is 6.37. The van der Waals surface area contributed by atoms with E-state index in [1.165, 1.54) is 5.56 Å². The molecule has 226 valence electrons. The second-order valence-electron chi connectivity index (χ2n) is 12.5. The topological polar surface area (TPSA) is 149 Å². The van der Waals surface area contributed by atoms with Gasteiger partial charge < -0.3 is 24.5 Å². The average Bonchev–Trinajstić information content (AvgIpc) is 3.89. The zero-order valence-corrected chi connectivity index (χ0v) is 24.8. The monoisotopic (exact) mass is 595 g/mol. The fourth-order valence-corrected chi connectivity index (χ4v) is 6.09. The fourth-order valence-electron chi connectivity index (χ4n) is 6.09. The molecule has 44 heavy (non-hydrogen) atoms. The summed E-state index contributed by atoms with van der Waals surface area (Å²) in [5.41, 5.74) is 3.73. The number of fused-ring (bicyclic) bond motifs is 1. The second kappa shape index (κ2) is 9.94. The van der Waals surface area contributed by atoms with Gasteiger partial charge in [-0.3, -0.25) is 9.69 Å². The minimum Gasteiger partial charge on any atom is -0.436 e. The SMILES string of the molecule is Cc1ccnc([C@H]2C[C@@H]2C(=O)Nc2cc(N[C@H](C)c3cn4cc(C5CC5)cc(N5CC6(COC6)OC5=O)c4n3)nc(C)n2)n1. The van der Waals surface area contributed by atoms with E-state index in [0.717, 1.165) is 29.9 Å². The van der Waals surface area contributed by atoms with Crippen molar-refractivity contribution in [1.29, 1.82) is 0 Å². The number of aryl methyl sites for hydroxylation is 2. The van der Waals surface area contributed by atoms with Crippen LogP contribution in [0.25, 0.3) is 5.65 Å². The second-order valence-corrected chi connectivity index (χ2v) is 12.5. The predicted octanol–water partition coefficient (Wildman–Crippen LogP) is 4.05. The first kappa shape index (κ1) is 26.9. The summed E-state index contributed by atoms with van der Waals surface area (Å²) < 4.78 is 13.1. The Hall–Kier alpha value is -4.65. The highest BCUT2D eigenvalue weighted by Crippen LogP contribution is 2.46. The van der Waals surface area contributed by atoms with Crippen LogP contribution in [0, 0.1) is 19.8 Å². The fraction of sp³-hybridized carbons (Fsp3) is 0.452. The van der Waals surface area contributed by atoms with Gasteiger partial charge in [0.05, 0.1) is 37.2 Å². The molecule has 0 aromatic carbocycles. The zero-order chi connectivity index (χ0) is 30.2. The number of carbonyl (C=O) groups is 2. The summed E-state index contributed by atoms with van der Waals surface area (Å²) in [6.07, 6.45) is 8.45. The Morgan fingerprint density at radius 1 is 1.09 bits per heavy atom. The molecule has 4 aromatic heterocycles. The molecule has 4 aromatic rings. The van der Waals surface area contributed by atoms with Crippen molar-refractivity contribution in [2.45, 2.75) is 63.5 Å². The maximum atomic E-state index is 13.0. The zero-order valence-electron chi connectivity index (χ0n) is 24.8. The predicted molar refractivity (Wildman–Crippen MR) is 160 cm³/mol. The molecule has 1 spiro atoms. The molecule has 0 bridgehead atoms. The quantitative estimate of drug-likeness (QED) is 0.306. The van der Waals surface area contributed by atoms with Crippen LogP contribution in [0.3, 0.4) is 0 Å². The molecule has 13 heteroatoms. The van der Waals surface area contributed by atoms with Crippen molar-refractivity contribution in [3.63, 3.8) is 0 Å². The highest BCUT2D eigenvalue weighted by atomic mass is 16.6. The van der Waals surface area contributed by atoms with Gasteiger partial charge in [0.25, 0.3) is 0 Å². The Labute approximate surface area is 253 Å². The Balaban J connectivity index is 1.01.